The number of carbonyl (C=O) groups is 2. The minimum Gasteiger partial charge on any atom is -0.454 e. The van der Waals surface area contributed by atoms with Crippen molar-refractivity contribution >= 4 is 17.4 Å². The van der Waals surface area contributed by atoms with Gasteiger partial charge in [0.05, 0.1) is 10.5 Å². The molecule has 0 heterocycles. The lowest BCUT2D eigenvalue weighted by atomic mass is 10.1. The molecule has 0 N–H and O–H groups in total. The number of esters is 1. The van der Waals surface area contributed by atoms with Crippen LogP contribution in [0.15, 0.2) is 36.4 Å². The summed E-state index contributed by atoms with van der Waals surface area (Å²) in [4.78, 5) is 33.9. The van der Waals surface area contributed by atoms with E-state index in [9.17, 15) is 28.5 Å². The fourth-order valence-corrected chi connectivity index (χ4v) is 1.95. The van der Waals surface area contributed by atoms with E-state index in [1.54, 1.807) is 0 Å². The molecule has 0 aromatic heterocycles. The predicted molar refractivity (Wildman–Crippen MR) is 78.8 cm³/mol. The molecule has 2 aromatic carbocycles. The van der Waals surface area contributed by atoms with Gasteiger partial charge in [-0.25, -0.2) is 13.6 Å². The second-order valence-corrected chi connectivity index (χ2v) is 4.92. The second-order valence-electron chi connectivity index (χ2n) is 4.92. The first-order chi connectivity index (χ1) is 11.3. The molecule has 0 aliphatic heterocycles. The Balaban J connectivity index is 2.09. The molecule has 0 fully saturated rings. The van der Waals surface area contributed by atoms with E-state index in [1.165, 1.54) is 19.1 Å². The van der Waals surface area contributed by atoms with Crippen LogP contribution in [0.3, 0.4) is 0 Å². The molecule has 0 saturated carbocycles. The standard InChI is InChI=1S/C16H11F2NO5/c1-9-2-3-10(6-14(9)19(22)23)15(20)8-24-16(21)11-4-12(17)7-13(18)5-11/h2-7H,8H2,1H3. The number of ether oxygens (including phenoxy) is 1. The van der Waals surface area contributed by atoms with Crippen molar-refractivity contribution in [3.8, 4) is 0 Å². The molecule has 24 heavy (non-hydrogen) atoms. The van der Waals surface area contributed by atoms with E-state index in [2.05, 4.69) is 0 Å². The number of Topliss-reactive ketones (excluding diaryl/α,β-unsaturated/α-hetero) is 1. The molecule has 0 radical (unpaired) electrons. The number of aryl methyl sites for hydroxylation is 1. The molecule has 8 heteroatoms. The number of nitro benzene ring substituents is 1. The summed E-state index contributed by atoms with van der Waals surface area (Å²) < 4.78 is 30.8. The lowest BCUT2D eigenvalue weighted by molar-refractivity contribution is -0.385. The number of nitrogens with zero attached hydrogens (tertiary/aromatic N) is 1. The van der Waals surface area contributed by atoms with Crippen LogP contribution in [-0.4, -0.2) is 23.3 Å². The topological polar surface area (TPSA) is 86.5 Å². The molecule has 0 aliphatic rings. The summed E-state index contributed by atoms with van der Waals surface area (Å²) in [6.07, 6.45) is 0. The Morgan fingerprint density at radius 1 is 1.08 bits per heavy atom. The average molecular weight is 335 g/mol. The molecule has 2 rings (SSSR count). The zero-order valence-electron chi connectivity index (χ0n) is 12.4. The minimum absolute atomic E-state index is 0.00878. The van der Waals surface area contributed by atoms with Gasteiger partial charge in [0.1, 0.15) is 11.6 Å². The summed E-state index contributed by atoms with van der Waals surface area (Å²) in [5.41, 5.74) is -0.246. The first kappa shape index (κ1) is 17.2. The van der Waals surface area contributed by atoms with Crippen LogP contribution in [0.25, 0.3) is 0 Å². The molecule has 6 nitrogen and oxygen atoms in total. The number of hydrogen-bond donors (Lipinski definition) is 0. The summed E-state index contributed by atoms with van der Waals surface area (Å²) in [5.74, 6) is -3.67. The highest BCUT2D eigenvalue weighted by Gasteiger charge is 2.17. The SMILES string of the molecule is Cc1ccc(C(=O)COC(=O)c2cc(F)cc(F)c2)cc1[N+](=O)[O-]. The van der Waals surface area contributed by atoms with E-state index in [1.807, 2.05) is 0 Å². The van der Waals surface area contributed by atoms with Crippen molar-refractivity contribution in [2.45, 2.75) is 6.92 Å². The summed E-state index contributed by atoms with van der Waals surface area (Å²) in [6, 6.07) is 5.97. The number of hydrogen-bond acceptors (Lipinski definition) is 5. The van der Waals surface area contributed by atoms with E-state index in [0.29, 0.717) is 11.6 Å². The van der Waals surface area contributed by atoms with Gasteiger partial charge in [-0.15, -0.1) is 0 Å². The molecular weight excluding hydrogens is 324 g/mol. The number of rotatable bonds is 5. The number of halogens is 2. The quantitative estimate of drug-likeness (QED) is 0.362. The smallest absolute Gasteiger partial charge is 0.338 e. The normalized spacial score (nSPS) is 10.3. The molecule has 0 unspecified atom stereocenters. The van der Waals surface area contributed by atoms with E-state index in [0.717, 1.165) is 18.2 Å². The minimum atomic E-state index is -1.08. The zero-order valence-corrected chi connectivity index (χ0v) is 12.4. The number of nitro groups is 1. The van der Waals surface area contributed by atoms with Crippen molar-refractivity contribution in [2.24, 2.45) is 0 Å². The largest absolute Gasteiger partial charge is 0.454 e. The maximum Gasteiger partial charge on any atom is 0.338 e. The molecular formula is C16H11F2NO5. The summed E-state index contributed by atoms with van der Waals surface area (Å²) in [6.45, 7) is 0.808. The van der Waals surface area contributed by atoms with Crippen molar-refractivity contribution in [3.05, 3.63) is 74.8 Å². The third kappa shape index (κ3) is 3.97. The predicted octanol–water partition coefficient (Wildman–Crippen LogP) is 3.22. The second kappa shape index (κ2) is 6.95. The highest BCUT2D eigenvalue weighted by molar-refractivity contribution is 5.99. The number of ketones is 1. The molecule has 0 bridgehead atoms. The Morgan fingerprint density at radius 3 is 2.29 bits per heavy atom. The van der Waals surface area contributed by atoms with Gasteiger partial charge in [0.25, 0.3) is 5.69 Å². The molecule has 0 saturated heterocycles. The molecule has 0 amide bonds. The average Bonchev–Trinajstić information content (AvgIpc) is 2.51. The lowest BCUT2D eigenvalue weighted by Gasteiger charge is -2.06. The monoisotopic (exact) mass is 335 g/mol. The summed E-state index contributed by atoms with van der Waals surface area (Å²) in [7, 11) is 0. The van der Waals surface area contributed by atoms with Gasteiger partial charge < -0.3 is 4.74 Å². The summed E-state index contributed by atoms with van der Waals surface area (Å²) >= 11 is 0. The van der Waals surface area contributed by atoms with Crippen LogP contribution in [0.2, 0.25) is 0 Å². The number of carbonyl (C=O) groups excluding carboxylic acids is 2. The van der Waals surface area contributed by atoms with Crippen molar-refractivity contribution < 1.29 is 28.0 Å². The zero-order chi connectivity index (χ0) is 17.9. The molecule has 0 aliphatic carbocycles. The van der Waals surface area contributed by atoms with Crippen molar-refractivity contribution in [1.82, 2.24) is 0 Å². The van der Waals surface area contributed by atoms with E-state index >= 15 is 0 Å². The maximum atomic E-state index is 13.0. The first-order valence-electron chi connectivity index (χ1n) is 6.69. The Morgan fingerprint density at radius 2 is 1.71 bits per heavy atom. The van der Waals surface area contributed by atoms with Gasteiger partial charge in [-0.1, -0.05) is 12.1 Å². The first-order valence-corrected chi connectivity index (χ1v) is 6.69. The van der Waals surface area contributed by atoms with Crippen LogP contribution in [0.1, 0.15) is 26.3 Å². The fraction of sp³-hybridized carbons (Fsp3) is 0.125. The van der Waals surface area contributed by atoms with Crippen LogP contribution in [0, 0.1) is 28.7 Å². The van der Waals surface area contributed by atoms with Crippen LogP contribution >= 0.6 is 0 Å². The fourth-order valence-electron chi connectivity index (χ4n) is 1.95. The van der Waals surface area contributed by atoms with Crippen LogP contribution in [-0.2, 0) is 4.74 Å². The van der Waals surface area contributed by atoms with Crippen LogP contribution in [0.4, 0.5) is 14.5 Å². The third-order valence-electron chi connectivity index (χ3n) is 3.16. The molecule has 0 atom stereocenters. The molecule has 124 valence electrons. The van der Waals surface area contributed by atoms with Gasteiger partial charge in [0.15, 0.2) is 6.61 Å². The Kier molecular flexibility index (Phi) is 4.98. The molecule has 0 spiro atoms. The van der Waals surface area contributed by atoms with Gasteiger partial charge in [0, 0.05) is 23.3 Å². The van der Waals surface area contributed by atoms with Gasteiger partial charge in [-0.2, -0.15) is 0 Å². The van der Waals surface area contributed by atoms with Crippen molar-refractivity contribution in [1.29, 1.82) is 0 Å². The maximum absolute atomic E-state index is 13.0. The summed E-state index contributed by atoms with van der Waals surface area (Å²) in [5, 5.41) is 10.8. The Labute approximate surface area is 134 Å². The highest BCUT2D eigenvalue weighted by Crippen LogP contribution is 2.19. The van der Waals surface area contributed by atoms with Gasteiger partial charge in [-0.05, 0) is 19.1 Å². The van der Waals surface area contributed by atoms with Crippen molar-refractivity contribution in [2.75, 3.05) is 6.61 Å². The Bertz CT molecular complexity index is 815. The van der Waals surface area contributed by atoms with E-state index < -0.39 is 34.9 Å². The number of benzene rings is 2. The Hall–Kier alpha value is -3.16. The van der Waals surface area contributed by atoms with Gasteiger partial charge in [-0.3, -0.25) is 14.9 Å². The van der Waals surface area contributed by atoms with E-state index in [4.69, 9.17) is 4.74 Å². The highest BCUT2D eigenvalue weighted by atomic mass is 19.1. The van der Waals surface area contributed by atoms with E-state index in [-0.39, 0.29) is 16.8 Å². The van der Waals surface area contributed by atoms with Crippen molar-refractivity contribution in [3.63, 3.8) is 0 Å². The lowest BCUT2D eigenvalue weighted by Crippen LogP contribution is -2.15. The third-order valence-corrected chi connectivity index (χ3v) is 3.16. The molecule has 2 aromatic rings. The van der Waals surface area contributed by atoms with Crippen LogP contribution in [0.5, 0.6) is 0 Å². The van der Waals surface area contributed by atoms with Crippen LogP contribution < -0.4 is 0 Å². The van der Waals surface area contributed by atoms with Gasteiger partial charge >= 0.3 is 5.97 Å². The van der Waals surface area contributed by atoms with Gasteiger partial charge in [0.2, 0.25) is 5.78 Å².